The van der Waals surface area contributed by atoms with Gasteiger partial charge in [-0.25, -0.2) is 4.98 Å². The molecular weight excluding hydrogens is 300 g/mol. The van der Waals surface area contributed by atoms with Crippen LogP contribution in [0.1, 0.15) is 31.2 Å². The standard InChI is InChI=1S/C12H13Cl2F3N2/c13-7-11(3-1-2-4-11)19-10-9(14)5-8(6-18-10)12(15,16)17/h5-6H,1-4,7H2,(H,18,19). The second kappa shape index (κ2) is 5.37. The van der Waals surface area contributed by atoms with Crippen LogP contribution in [-0.4, -0.2) is 16.4 Å². The van der Waals surface area contributed by atoms with Gasteiger partial charge in [-0.1, -0.05) is 24.4 Å². The second-order valence-electron chi connectivity index (χ2n) is 4.80. The molecule has 1 fully saturated rings. The Bertz CT molecular complexity index is 457. The van der Waals surface area contributed by atoms with Gasteiger partial charge in [0, 0.05) is 12.1 Å². The molecule has 0 aliphatic heterocycles. The molecule has 0 radical (unpaired) electrons. The van der Waals surface area contributed by atoms with E-state index in [0.717, 1.165) is 37.9 Å². The molecule has 1 heterocycles. The fourth-order valence-electron chi connectivity index (χ4n) is 2.28. The summed E-state index contributed by atoms with van der Waals surface area (Å²) in [4.78, 5) is 3.78. The fraction of sp³-hybridized carbons (Fsp3) is 0.583. The molecule has 0 unspecified atom stereocenters. The first-order valence-electron chi connectivity index (χ1n) is 5.93. The average Bonchev–Trinajstić information content (AvgIpc) is 2.80. The van der Waals surface area contributed by atoms with Crippen molar-refractivity contribution >= 4 is 29.0 Å². The molecule has 1 aromatic heterocycles. The van der Waals surface area contributed by atoms with Gasteiger partial charge in [0.25, 0.3) is 0 Å². The topological polar surface area (TPSA) is 24.9 Å². The minimum atomic E-state index is -4.44. The van der Waals surface area contributed by atoms with Crippen molar-refractivity contribution in [3.8, 4) is 0 Å². The number of halogens is 5. The van der Waals surface area contributed by atoms with Crippen molar-refractivity contribution in [2.75, 3.05) is 11.2 Å². The molecule has 2 rings (SSSR count). The number of aromatic nitrogens is 1. The molecule has 1 aromatic rings. The van der Waals surface area contributed by atoms with E-state index < -0.39 is 11.7 Å². The molecule has 0 atom stereocenters. The van der Waals surface area contributed by atoms with Gasteiger partial charge in [-0.2, -0.15) is 13.2 Å². The van der Waals surface area contributed by atoms with E-state index >= 15 is 0 Å². The van der Waals surface area contributed by atoms with Crippen LogP contribution in [0.5, 0.6) is 0 Å². The van der Waals surface area contributed by atoms with Crippen LogP contribution >= 0.6 is 23.2 Å². The fourth-order valence-corrected chi connectivity index (χ4v) is 2.83. The first-order chi connectivity index (χ1) is 8.86. The van der Waals surface area contributed by atoms with Crippen LogP contribution < -0.4 is 5.32 Å². The Labute approximate surface area is 119 Å². The van der Waals surface area contributed by atoms with Crippen molar-refractivity contribution in [1.82, 2.24) is 4.98 Å². The summed E-state index contributed by atoms with van der Waals surface area (Å²) < 4.78 is 37.5. The normalized spacial score (nSPS) is 18.6. The van der Waals surface area contributed by atoms with Crippen molar-refractivity contribution in [2.45, 2.75) is 37.4 Å². The monoisotopic (exact) mass is 312 g/mol. The van der Waals surface area contributed by atoms with Crippen molar-refractivity contribution in [3.63, 3.8) is 0 Å². The molecule has 7 heteroatoms. The molecule has 0 spiro atoms. The molecule has 1 aliphatic carbocycles. The quantitative estimate of drug-likeness (QED) is 0.817. The van der Waals surface area contributed by atoms with Crippen molar-refractivity contribution in [3.05, 3.63) is 22.8 Å². The summed E-state index contributed by atoms with van der Waals surface area (Å²) in [7, 11) is 0. The Kier molecular flexibility index (Phi) is 4.16. The van der Waals surface area contributed by atoms with Crippen LogP contribution in [0.25, 0.3) is 0 Å². The number of pyridine rings is 1. The van der Waals surface area contributed by atoms with Crippen molar-refractivity contribution in [1.29, 1.82) is 0 Å². The van der Waals surface area contributed by atoms with Crippen molar-refractivity contribution in [2.24, 2.45) is 0 Å². The Morgan fingerprint density at radius 1 is 1.32 bits per heavy atom. The van der Waals surface area contributed by atoms with Gasteiger partial charge in [0.05, 0.1) is 16.1 Å². The maximum absolute atomic E-state index is 12.5. The predicted octanol–water partition coefficient (Wildman–Crippen LogP) is 4.72. The summed E-state index contributed by atoms with van der Waals surface area (Å²) in [5, 5.41) is 3.07. The molecule has 0 saturated heterocycles. The van der Waals surface area contributed by atoms with Gasteiger partial charge in [0.1, 0.15) is 5.82 Å². The van der Waals surface area contributed by atoms with Crippen LogP contribution in [-0.2, 0) is 6.18 Å². The minimum absolute atomic E-state index is 0.0359. The lowest BCUT2D eigenvalue weighted by molar-refractivity contribution is -0.137. The van der Waals surface area contributed by atoms with E-state index in [9.17, 15) is 13.2 Å². The van der Waals surface area contributed by atoms with Gasteiger partial charge in [-0.3, -0.25) is 0 Å². The SMILES string of the molecule is FC(F)(F)c1cnc(NC2(CCl)CCCC2)c(Cl)c1. The number of anilines is 1. The zero-order valence-electron chi connectivity index (χ0n) is 10.0. The molecule has 0 bridgehead atoms. The zero-order valence-corrected chi connectivity index (χ0v) is 11.5. The molecule has 1 aliphatic rings. The molecule has 2 nitrogen and oxygen atoms in total. The van der Waals surface area contributed by atoms with Crippen LogP contribution in [0.15, 0.2) is 12.3 Å². The molecule has 0 aromatic carbocycles. The Morgan fingerprint density at radius 3 is 2.42 bits per heavy atom. The minimum Gasteiger partial charge on any atom is -0.362 e. The summed E-state index contributed by atoms with van der Waals surface area (Å²) >= 11 is 11.8. The third kappa shape index (κ3) is 3.26. The number of rotatable bonds is 3. The molecule has 106 valence electrons. The lowest BCUT2D eigenvalue weighted by Crippen LogP contribution is -2.37. The van der Waals surface area contributed by atoms with E-state index in [1.54, 1.807) is 0 Å². The summed E-state index contributed by atoms with van der Waals surface area (Å²) in [6.45, 7) is 0. The molecule has 1 N–H and O–H groups in total. The average molecular weight is 313 g/mol. The smallest absolute Gasteiger partial charge is 0.362 e. The Morgan fingerprint density at radius 2 is 1.95 bits per heavy atom. The van der Waals surface area contributed by atoms with E-state index in [1.165, 1.54) is 0 Å². The molecule has 1 saturated carbocycles. The first-order valence-corrected chi connectivity index (χ1v) is 6.84. The third-order valence-corrected chi connectivity index (χ3v) is 4.17. The highest BCUT2D eigenvalue weighted by Crippen LogP contribution is 2.37. The summed E-state index contributed by atoms with van der Waals surface area (Å²) in [6.07, 6.45) is 0.165. The van der Waals surface area contributed by atoms with Gasteiger partial charge < -0.3 is 5.32 Å². The highest BCUT2D eigenvalue weighted by molar-refractivity contribution is 6.33. The maximum atomic E-state index is 12.5. The number of hydrogen-bond donors (Lipinski definition) is 1. The van der Waals surface area contributed by atoms with Crippen LogP contribution in [0.4, 0.5) is 19.0 Å². The van der Waals surface area contributed by atoms with E-state index in [-0.39, 0.29) is 16.4 Å². The van der Waals surface area contributed by atoms with Gasteiger partial charge in [0.15, 0.2) is 0 Å². The largest absolute Gasteiger partial charge is 0.417 e. The maximum Gasteiger partial charge on any atom is 0.417 e. The van der Waals surface area contributed by atoms with Gasteiger partial charge in [-0.15, -0.1) is 11.6 Å². The van der Waals surface area contributed by atoms with Crippen LogP contribution in [0.3, 0.4) is 0 Å². The lowest BCUT2D eigenvalue weighted by atomic mass is 10.0. The van der Waals surface area contributed by atoms with E-state index in [0.29, 0.717) is 5.88 Å². The van der Waals surface area contributed by atoms with E-state index in [2.05, 4.69) is 10.3 Å². The molecule has 0 amide bonds. The van der Waals surface area contributed by atoms with Crippen LogP contribution in [0.2, 0.25) is 5.02 Å². The van der Waals surface area contributed by atoms with Gasteiger partial charge in [-0.05, 0) is 18.9 Å². The number of nitrogens with one attached hydrogen (secondary N) is 1. The summed E-state index contributed by atoms with van der Waals surface area (Å²) in [5.41, 5.74) is -1.16. The highest BCUT2D eigenvalue weighted by Gasteiger charge is 2.35. The van der Waals surface area contributed by atoms with Gasteiger partial charge >= 0.3 is 6.18 Å². The zero-order chi connectivity index (χ0) is 14.1. The van der Waals surface area contributed by atoms with E-state index in [1.807, 2.05) is 0 Å². The summed E-state index contributed by atoms with van der Waals surface area (Å²) in [6, 6.07) is 0.883. The predicted molar refractivity (Wildman–Crippen MR) is 69.8 cm³/mol. The molecule has 19 heavy (non-hydrogen) atoms. The van der Waals surface area contributed by atoms with Gasteiger partial charge in [0.2, 0.25) is 0 Å². The number of nitrogens with zero attached hydrogens (tertiary/aromatic N) is 1. The summed E-state index contributed by atoms with van der Waals surface area (Å²) in [5.74, 6) is 0.642. The van der Waals surface area contributed by atoms with E-state index in [4.69, 9.17) is 23.2 Å². The Hall–Kier alpha value is -0.680. The number of alkyl halides is 4. The lowest BCUT2D eigenvalue weighted by Gasteiger charge is -2.29. The van der Waals surface area contributed by atoms with Crippen molar-refractivity contribution < 1.29 is 13.2 Å². The molecular formula is C12H13Cl2F3N2. The first kappa shape index (κ1) is 14.7. The highest BCUT2D eigenvalue weighted by atomic mass is 35.5. The second-order valence-corrected chi connectivity index (χ2v) is 5.47. The Balaban J connectivity index is 2.22. The van der Waals surface area contributed by atoms with Crippen LogP contribution in [0, 0.1) is 0 Å². The number of hydrogen-bond acceptors (Lipinski definition) is 2. The third-order valence-electron chi connectivity index (χ3n) is 3.37.